The van der Waals surface area contributed by atoms with Crippen LogP contribution >= 0.6 is 11.6 Å². The number of nitrogens with one attached hydrogen (secondary N) is 1. The van der Waals surface area contributed by atoms with Crippen molar-refractivity contribution in [2.24, 2.45) is 0 Å². The van der Waals surface area contributed by atoms with Crippen LogP contribution in [-0.4, -0.2) is 38.4 Å². The summed E-state index contributed by atoms with van der Waals surface area (Å²) in [6.07, 6.45) is 1.05. The molecule has 0 saturated carbocycles. The molecule has 1 unspecified atom stereocenters. The van der Waals surface area contributed by atoms with Crippen LogP contribution < -0.4 is 9.46 Å². The van der Waals surface area contributed by atoms with Crippen molar-refractivity contribution in [3.05, 3.63) is 28.8 Å². The first-order chi connectivity index (χ1) is 8.69. The Labute approximate surface area is 116 Å². The maximum atomic E-state index is 11.0. The van der Waals surface area contributed by atoms with E-state index in [2.05, 4.69) is 4.72 Å². The highest BCUT2D eigenvalue weighted by atomic mass is 35.5. The van der Waals surface area contributed by atoms with Gasteiger partial charge < -0.3 is 9.84 Å². The van der Waals surface area contributed by atoms with Crippen LogP contribution in [0.2, 0.25) is 5.02 Å². The van der Waals surface area contributed by atoms with Crippen LogP contribution in [0.15, 0.2) is 18.2 Å². The highest BCUT2D eigenvalue weighted by molar-refractivity contribution is 7.88. The summed E-state index contributed by atoms with van der Waals surface area (Å²) in [4.78, 5) is 10.9. The predicted octanol–water partition coefficient (Wildman–Crippen LogP) is 1.35. The van der Waals surface area contributed by atoms with Gasteiger partial charge in [-0.25, -0.2) is 17.9 Å². The molecule has 0 aliphatic rings. The quantitative estimate of drug-likeness (QED) is 0.827. The van der Waals surface area contributed by atoms with E-state index in [0.717, 1.165) is 6.26 Å². The number of carbonyl (C=O) groups is 1. The number of sulfonamides is 1. The lowest BCUT2D eigenvalue weighted by molar-refractivity contribution is 0.0696. The second-order valence-electron chi connectivity index (χ2n) is 4.05. The summed E-state index contributed by atoms with van der Waals surface area (Å²) in [7, 11) is -3.30. The number of aromatic carboxylic acids is 1. The van der Waals surface area contributed by atoms with Gasteiger partial charge >= 0.3 is 5.97 Å². The molecule has 1 aromatic rings. The highest BCUT2D eigenvalue weighted by Crippen LogP contribution is 2.22. The fourth-order valence-corrected chi connectivity index (χ4v) is 2.38. The third-order valence-electron chi connectivity index (χ3n) is 2.08. The molecule has 0 spiro atoms. The van der Waals surface area contributed by atoms with Crippen molar-refractivity contribution in [2.75, 3.05) is 12.9 Å². The van der Waals surface area contributed by atoms with E-state index < -0.39 is 22.0 Å². The number of rotatable bonds is 6. The van der Waals surface area contributed by atoms with E-state index in [1.54, 1.807) is 6.92 Å². The summed E-state index contributed by atoms with van der Waals surface area (Å²) in [5.74, 6) is -0.846. The van der Waals surface area contributed by atoms with E-state index in [1.165, 1.54) is 18.2 Å². The standard InChI is InChI=1S/C11H14ClNO5S/c1-7(13-19(2,16)17)6-18-8-3-4-10(12)9(5-8)11(14)15/h3-5,7,13H,6H2,1-2H3,(H,14,15). The molecule has 6 nitrogen and oxygen atoms in total. The minimum Gasteiger partial charge on any atom is -0.492 e. The smallest absolute Gasteiger partial charge is 0.337 e. The molecule has 1 atom stereocenters. The maximum Gasteiger partial charge on any atom is 0.337 e. The number of carboxylic acids is 1. The zero-order valence-corrected chi connectivity index (χ0v) is 12.0. The van der Waals surface area contributed by atoms with Gasteiger partial charge in [-0.2, -0.15) is 0 Å². The van der Waals surface area contributed by atoms with Crippen LogP contribution in [-0.2, 0) is 10.0 Å². The molecule has 1 aromatic carbocycles. The number of benzene rings is 1. The Morgan fingerprint density at radius 2 is 2.16 bits per heavy atom. The molecule has 106 valence electrons. The average Bonchev–Trinajstić information content (AvgIpc) is 2.25. The van der Waals surface area contributed by atoms with Crippen LogP contribution in [0.25, 0.3) is 0 Å². The first-order valence-corrected chi connectivity index (χ1v) is 7.59. The highest BCUT2D eigenvalue weighted by Gasteiger charge is 2.12. The van der Waals surface area contributed by atoms with Crippen molar-refractivity contribution >= 4 is 27.6 Å². The predicted molar refractivity (Wildman–Crippen MR) is 71.3 cm³/mol. The first-order valence-electron chi connectivity index (χ1n) is 5.32. The Morgan fingerprint density at radius 1 is 1.53 bits per heavy atom. The van der Waals surface area contributed by atoms with E-state index in [0.29, 0.717) is 5.75 Å². The molecule has 19 heavy (non-hydrogen) atoms. The number of carboxylic acid groups (broad SMARTS) is 1. The molecule has 0 aromatic heterocycles. The van der Waals surface area contributed by atoms with Crippen LogP contribution in [0.3, 0.4) is 0 Å². The van der Waals surface area contributed by atoms with E-state index >= 15 is 0 Å². The van der Waals surface area contributed by atoms with E-state index in [4.69, 9.17) is 21.4 Å². The van der Waals surface area contributed by atoms with Crippen LogP contribution in [0.4, 0.5) is 0 Å². The molecule has 0 amide bonds. The molecule has 8 heteroatoms. The monoisotopic (exact) mass is 307 g/mol. The average molecular weight is 308 g/mol. The molecule has 0 bridgehead atoms. The van der Waals surface area contributed by atoms with Crippen LogP contribution in [0.1, 0.15) is 17.3 Å². The van der Waals surface area contributed by atoms with Gasteiger partial charge in [0.25, 0.3) is 0 Å². The van der Waals surface area contributed by atoms with Crippen molar-refractivity contribution < 1.29 is 23.1 Å². The number of halogens is 1. The van der Waals surface area contributed by atoms with Crippen molar-refractivity contribution in [3.63, 3.8) is 0 Å². The number of hydrogen-bond acceptors (Lipinski definition) is 4. The normalized spacial score (nSPS) is 13.0. The maximum absolute atomic E-state index is 11.0. The largest absolute Gasteiger partial charge is 0.492 e. The number of hydrogen-bond donors (Lipinski definition) is 2. The van der Waals surface area contributed by atoms with E-state index in [1.807, 2.05) is 0 Å². The zero-order valence-electron chi connectivity index (χ0n) is 10.4. The van der Waals surface area contributed by atoms with Crippen molar-refractivity contribution in [1.29, 1.82) is 0 Å². The van der Waals surface area contributed by atoms with E-state index in [9.17, 15) is 13.2 Å². The molecule has 0 aliphatic heterocycles. The minimum atomic E-state index is -3.30. The van der Waals surface area contributed by atoms with Gasteiger partial charge in [0.05, 0.1) is 22.9 Å². The Kier molecular flexibility index (Phi) is 5.16. The lowest BCUT2D eigenvalue weighted by atomic mass is 10.2. The van der Waals surface area contributed by atoms with Gasteiger partial charge in [-0.05, 0) is 25.1 Å². The van der Waals surface area contributed by atoms with Gasteiger partial charge in [-0.15, -0.1) is 0 Å². The first kappa shape index (κ1) is 15.7. The third kappa shape index (κ3) is 5.46. The summed E-state index contributed by atoms with van der Waals surface area (Å²) in [5, 5.41) is 9.00. The summed E-state index contributed by atoms with van der Waals surface area (Å²) in [6, 6.07) is 3.79. The fourth-order valence-electron chi connectivity index (χ4n) is 1.38. The molecule has 0 aliphatic carbocycles. The summed E-state index contributed by atoms with van der Waals surface area (Å²) < 4.78 is 29.6. The van der Waals surface area contributed by atoms with Gasteiger partial charge in [0.15, 0.2) is 0 Å². The molecule has 2 N–H and O–H groups in total. The Balaban J connectivity index is 2.68. The second-order valence-corrected chi connectivity index (χ2v) is 6.24. The number of ether oxygens (including phenoxy) is 1. The third-order valence-corrected chi connectivity index (χ3v) is 3.24. The summed E-state index contributed by atoms with van der Waals surface area (Å²) in [6.45, 7) is 1.71. The van der Waals surface area contributed by atoms with Gasteiger partial charge in [0.1, 0.15) is 12.4 Å². The lowest BCUT2D eigenvalue weighted by Crippen LogP contribution is -2.35. The zero-order chi connectivity index (χ0) is 14.6. The molecule has 0 fully saturated rings. The summed E-state index contributed by atoms with van der Waals surface area (Å²) >= 11 is 5.71. The lowest BCUT2D eigenvalue weighted by Gasteiger charge is -2.14. The minimum absolute atomic E-state index is 0.0668. The molecule has 0 radical (unpaired) electrons. The van der Waals surface area contributed by atoms with Gasteiger partial charge in [-0.1, -0.05) is 11.6 Å². The molecule has 0 saturated heterocycles. The van der Waals surface area contributed by atoms with Crippen LogP contribution in [0.5, 0.6) is 5.75 Å². The SMILES string of the molecule is CC(COc1ccc(Cl)c(C(=O)O)c1)NS(C)(=O)=O. The van der Waals surface area contributed by atoms with Crippen molar-refractivity contribution in [3.8, 4) is 5.75 Å². The van der Waals surface area contributed by atoms with Crippen molar-refractivity contribution in [1.82, 2.24) is 4.72 Å². The van der Waals surface area contributed by atoms with Gasteiger partial charge in [0.2, 0.25) is 10.0 Å². The Bertz CT molecular complexity index is 572. The summed E-state index contributed by atoms with van der Waals surface area (Å²) in [5.41, 5.74) is -0.0668. The van der Waals surface area contributed by atoms with Crippen LogP contribution in [0, 0.1) is 0 Å². The Hall–Kier alpha value is -1.31. The molecular weight excluding hydrogens is 294 g/mol. The molecular formula is C11H14ClNO5S. The molecule has 0 heterocycles. The molecule has 1 rings (SSSR count). The van der Waals surface area contributed by atoms with Crippen molar-refractivity contribution in [2.45, 2.75) is 13.0 Å². The van der Waals surface area contributed by atoms with E-state index in [-0.39, 0.29) is 17.2 Å². The second kappa shape index (κ2) is 6.23. The topological polar surface area (TPSA) is 92.7 Å². The Morgan fingerprint density at radius 3 is 2.68 bits per heavy atom. The van der Waals surface area contributed by atoms with Gasteiger partial charge in [0, 0.05) is 0 Å². The fraction of sp³-hybridized carbons (Fsp3) is 0.364. The van der Waals surface area contributed by atoms with Gasteiger partial charge in [-0.3, -0.25) is 0 Å².